The number of hydrazone groups is 1. The average molecular weight is 306 g/mol. The third-order valence-corrected chi connectivity index (χ3v) is 2.56. The molecular weight excluding hydrogens is 293 g/mol. The lowest BCUT2D eigenvalue weighted by atomic mass is 10.2. The minimum atomic E-state index is -0.0747. The fourth-order valence-electron chi connectivity index (χ4n) is 1.14. The summed E-state index contributed by atoms with van der Waals surface area (Å²) in [7, 11) is 0. The number of benzene rings is 1. The number of halogens is 2. The first-order chi connectivity index (χ1) is 8.40. The van der Waals surface area contributed by atoms with E-state index in [-0.39, 0.29) is 16.8 Å². The lowest BCUT2D eigenvalue weighted by Crippen LogP contribution is -2.36. The Bertz CT molecular complexity index is 478. The van der Waals surface area contributed by atoms with Crippen LogP contribution in [0.5, 0.6) is 5.75 Å². The first kappa shape index (κ1) is 15.0. The molecule has 1 aromatic rings. The first-order valence-corrected chi connectivity index (χ1v) is 6.34. The summed E-state index contributed by atoms with van der Waals surface area (Å²) in [6.07, 6.45) is 1.39. The second-order valence-corrected chi connectivity index (χ2v) is 5.08. The lowest BCUT2D eigenvalue weighted by molar-refractivity contribution is 0.474. The molecule has 0 aliphatic carbocycles. The Morgan fingerprint density at radius 3 is 2.72 bits per heavy atom. The average Bonchev–Trinajstić information content (AvgIpc) is 2.23. The minimum Gasteiger partial charge on any atom is -0.506 e. The van der Waals surface area contributed by atoms with E-state index in [1.165, 1.54) is 12.3 Å². The van der Waals surface area contributed by atoms with E-state index >= 15 is 0 Å². The van der Waals surface area contributed by atoms with Gasteiger partial charge >= 0.3 is 0 Å². The molecule has 0 fully saturated rings. The monoisotopic (exact) mass is 305 g/mol. The molecule has 0 spiro atoms. The van der Waals surface area contributed by atoms with Crippen molar-refractivity contribution in [2.75, 3.05) is 0 Å². The molecule has 0 bridgehead atoms. The van der Waals surface area contributed by atoms with Crippen molar-refractivity contribution in [1.82, 2.24) is 10.7 Å². The number of nitrogens with one attached hydrogen (secondary N) is 2. The van der Waals surface area contributed by atoms with E-state index in [0.29, 0.717) is 15.7 Å². The summed E-state index contributed by atoms with van der Waals surface area (Å²) >= 11 is 16.6. The SMILES string of the molecule is CC(C)NC(=S)N/N=C/c1cc(Cl)cc(Cl)c1O. The molecule has 0 aliphatic heterocycles. The molecule has 0 saturated carbocycles. The van der Waals surface area contributed by atoms with Crippen LogP contribution in [0.15, 0.2) is 17.2 Å². The molecule has 98 valence electrons. The molecular formula is C11H13Cl2N3OS. The van der Waals surface area contributed by atoms with Crippen molar-refractivity contribution in [3.63, 3.8) is 0 Å². The van der Waals surface area contributed by atoms with E-state index in [0.717, 1.165) is 0 Å². The molecule has 0 saturated heterocycles. The maximum atomic E-state index is 9.67. The van der Waals surface area contributed by atoms with Crippen LogP contribution < -0.4 is 10.7 Å². The largest absolute Gasteiger partial charge is 0.506 e. The molecule has 0 heterocycles. The van der Waals surface area contributed by atoms with E-state index < -0.39 is 0 Å². The van der Waals surface area contributed by atoms with Gasteiger partial charge in [-0.15, -0.1) is 0 Å². The summed E-state index contributed by atoms with van der Waals surface area (Å²) in [6, 6.07) is 3.22. The summed E-state index contributed by atoms with van der Waals surface area (Å²) in [6.45, 7) is 3.92. The number of aromatic hydroxyl groups is 1. The van der Waals surface area contributed by atoms with Crippen molar-refractivity contribution >= 4 is 46.7 Å². The van der Waals surface area contributed by atoms with E-state index in [1.807, 2.05) is 13.8 Å². The maximum absolute atomic E-state index is 9.67. The zero-order valence-electron chi connectivity index (χ0n) is 9.87. The van der Waals surface area contributed by atoms with Crippen LogP contribution in [0.25, 0.3) is 0 Å². The van der Waals surface area contributed by atoms with Crippen LogP contribution in [0, 0.1) is 0 Å². The third kappa shape index (κ3) is 4.68. The molecule has 1 rings (SSSR count). The highest BCUT2D eigenvalue weighted by molar-refractivity contribution is 7.80. The quantitative estimate of drug-likeness (QED) is 0.456. The topological polar surface area (TPSA) is 56.7 Å². The van der Waals surface area contributed by atoms with E-state index in [1.54, 1.807) is 6.07 Å². The van der Waals surface area contributed by atoms with Crippen molar-refractivity contribution in [3.05, 3.63) is 27.7 Å². The Hall–Kier alpha value is -1.04. The number of thiocarbonyl (C=S) groups is 1. The summed E-state index contributed by atoms with van der Waals surface area (Å²) in [5.74, 6) is -0.0747. The van der Waals surface area contributed by atoms with Crippen LogP contribution >= 0.6 is 35.4 Å². The number of rotatable bonds is 3. The maximum Gasteiger partial charge on any atom is 0.187 e. The Labute approximate surface area is 121 Å². The summed E-state index contributed by atoms with van der Waals surface area (Å²) in [5, 5.41) is 17.5. The highest BCUT2D eigenvalue weighted by Crippen LogP contribution is 2.29. The predicted octanol–water partition coefficient (Wildman–Crippen LogP) is 2.91. The molecule has 0 radical (unpaired) electrons. The van der Waals surface area contributed by atoms with Gasteiger partial charge in [0.25, 0.3) is 0 Å². The molecule has 0 aliphatic rings. The second kappa shape index (κ2) is 6.78. The fourth-order valence-corrected chi connectivity index (χ4v) is 1.94. The van der Waals surface area contributed by atoms with Crippen LogP contribution in [0.3, 0.4) is 0 Å². The summed E-state index contributed by atoms with van der Waals surface area (Å²) in [4.78, 5) is 0. The summed E-state index contributed by atoms with van der Waals surface area (Å²) < 4.78 is 0. The molecule has 3 N–H and O–H groups in total. The molecule has 4 nitrogen and oxygen atoms in total. The van der Waals surface area contributed by atoms with Crippen LogP contribution in [-0.2, 0) is 0 Å². The fraction of sp³-hybridized carbons (Fsp3) is 0.273. The minimum absolute atomic E-state index is 0.0747. The highest BCUT2D eigenvalue weighted by Gasteiger charge is 2.05. The van der Waals surface area contributed by atoms with Gasteiger partial charge in [-0.25, -0.2) is 0 Å². The number of hydrogen-bond donors (Lipinski definition) is 3. The number of phenolic OH excluding ortho intramolecular Hbond substituents is 1. The first-order valence-electron chi connectivity index (χ1n) is 5.17. The Morgan fingerprint density at radius 2 is 2.11 bits per heavy atom. The van der Waals surface area contributed by atoms with Gasteiger partial charge in [0.15, 0.2) is 5.11 Å². The van der Waals surface area contributed by atoms with Crippen LogP contribution in [0.4, 0.5) is 0 Å². The van der Waals surface area contributed by atoms with Gasteiger partial charge in [-0.1, -0.05) is 23.2 Å². The Balaban J connectivity index is 2.70. The number of hydrogen-bond acceptors (Lipinski definition) is 3. The number of nitrogens with zero attached hydrogens (tertiary/aromatic N) is 1. The van der Waals surface area contributed by atoms with E-state index in [2.05, 4.69) is 15.8 Å². The molecule has 0 aromatic heterocycles. The van der Waals surface area contributed by atoms with Crippen molar-refractivity contribution in [2.45, 2.75) is 19.9 Å². The number of phenols is 1. The van der Waals surface area contributed by atoms with Gasteiger partial charge in [0.2, 0.25) is 0 Å². The Kier molecular flexibility index (Phi) is 5.65. The van der Waals surface area contributed by atoms with Crippen LogP contribution in [0.2, 0.25) is 10.0 Å². The normalized spacial score (nSPS) is 10.9. The highest BCUT2D eigenvalue weighted by atomic mass is 35.5. The summed E-state index contributed by atoms with van der Waals surface area (Å²) in [5.41, 5.74) is 3.03. The van der Waals surface area contributed by atoms with Gasteiger partial charge in [0.05, 0.1) is 11.2 Å². The molecule has 1 aromatic carbocycles. The van der Waals surface area contributed by atoms with Crippen LogP contribution in [0.1, 0.15) is 19.4 Å². The molecule has 0 unspecified atom stereocenters. The van der Waals surface area contributed by atoms with Gasteiger partial charge in [-0.05, 0) is 38.2 Å². The molecule has 18 heavy (non-hydrogen) atoms. The molecule has 0 amide bonds. The van der Waals surface area contributed by atoms with Crippen molar-refractivity contribution in [3.8, 4) is 5.75 Å². The van der Waals surface area contributed by atoms with Gasteiger partial charge in [0, 0.05) is 16.6 Å². The van der Waals surface area contributed by atoms with Gasteiger partial charge in [-0.3, -0.25) is 5.43 Å². The van der Waals surface area contributed by atoms with Gasteiger partial charge in [-0.2, -0.15) is 5.10 Å². The van der Waals surface area contributed by atoms with E-state index in [4.69, 9.17) is 35.4 Å². The third-order valence-electron chi connectivity index (χ3n) is 1.85. The van der Waals surface area contributed by atoms with Gasteiger partial charge < -0.3 is 10.4 Å². The van der Waals surface area contributed by atoms with Crippen molar-refractivity contribution in [2.24, 2.45) is 5.10 Å². The zero-order chi connectivity index (χ0) is 13.7. The second-order valence-electron chi connectivity index (χ2n) is 3.82. The smallest absolute Gasteiger partial charge is 0.187 e. The van der Waals surface area contributed by atoms with Crippen LogP contribution in [-0.4, -0.2) is 22.5 Å². The van der Waals surface area contributed by atoms with Gasteiger partial charge in [0.1, 0.15) is 5.75 Å². The predicted molar refractivity (Wildman–Crippen MR) is 79.7 cm³/mol. The van der Waals surface area contributed by atoms with Crippen molar-refractivity contribution in [1.29, 1.82) is 0 Å². The Morgan fingerprint density at radius 1 is 1.44 bits per heavy atom. The zero-order valence-corrected chi connectivity index (χ0v) is 12.2. The van der Waals surface area contributed by atoms with E-state index in [9.17, 15) is 5.11 Å². The standard InChI is InChI=1S/C11H13Cl2N3OS/c1-6(2)15-11(18)16-14-5-7-3-8(12)4-9(13)10(7)17/h3-6,17H,1-2H3,(H2,15,16,18)/b14-5+. The van der Waals surface area contributed by atoms with Crippen molar-refractivity contribution < 1.29 is 5.11 Å². The lowest BCUT2D eigenvalue weighted by Gasteiger charge is -2.09. The molecule has 0 atom stereocenters. The molecule has 7 heteroatoms.